The number of carbonyl (C=O) groups excluding carboxylic acids is 2. The van der Waals surface area contributed by atoms with Gasteiger partial charge in [0.25, 0.3) is 5.91 Å². The summed E-state index contributed by atoms with van der Waals surface area (Å²) < 4.78 is 0. The summed E-state index contributed by atoms with van der Waals surface area (Å²) in [5, 5.41) is 8.91. The van der Waals surface area contributed by atoms with Gasteiger partial charge in [0.1, 0.15) is 0 Å². The number of unbranched alkanes of at least 4 members (excludes halogenated alkanes) is 3. The zero-order valence-corrected chi connectivity index (χ0v) is 16.1. The minimum Gasteiger partial charge on any atom is -0.321 e. The smallest absolute Gasteiger partial charge is 0.265 e. The number of amides is 2. The zero-order valence-electron chi connectivity index (χ0n) is 15.2. The molecule has 138 valence electrons. The van der Waals surface area contributed by atoms with Gasteiger partial charge in [-0.15, -0.1) is 11.3 Å². The first-order chi connectivity index (χ1) is 12.6. The maximum absolute atomic E-state index is 12.1. The van der Waals surface area contributed by atoms with Crippen molar-refractivity contribution in [2.24, 2.45) is 5.10 Å². The number of benzene rings is 1. The Bertz CT molecular complexity index is 754. The molecule has 0 spiro atoms. The second-order valence-corrected chi connectivity index (χ2v) is 7.00. The standard InChI is InChI=1S/C20H25N3O2S/c1-3-4-5-6-12-19(24)23-22-15(2)16-9-7-10-17(14-16)21-20(25)18-11-8-13-26-18/h7-11,13-14H,3-6,12H2,1-2H3,(H,21,25)(H,23,24). The number of nitrogens with one attached hydrogen (secondary N) is 2. The molecule has 1 aromatic heterocycles. The highest BCUT2D eigenvalue weighted by atomic mass is 32.1. The molecule has 6 heteroatoms. The molecule has 1 aromatic carbocycles. The maximum atomic E-state index is 12.1. The lowest BCUT2D eigenvalue weighted by Gasteiger charge is -2.07. The monoisotopic (exact) mass is 371 g/mol. The van der Waals surface area contributed by atoms with Gasteiger partial charge in [-0.1, -0.05) is 44.4 Å². The highest BCUT2D eigenvalue weighted by Gasteiger charge is 2.08. The van der Waals surface area contributed by atoms with Crippen molar-refractivity contribution in [2.45, 2.75) is 46.0 Å². The van der Waals surface area contributed by atoms with Crippen molar-refractivity contribution >= 4 is 34.6 Å². The number of carbonyl (C=O) groups is 2. The van der Waals surface area contributed by atoms with E-state index in [2.05, 4.69) is 22.8 Å². The lowest BCUT2D eigenvalue weighted by Crippen LogP contribution is -2.19. The van der Waals surface area contributed by atoms with E-state index < -0.39 is 0 Å². The number of hydrazone groups is 1. The van der Waals surface area contributed by atoms with Crippen LogP contribution in [-0.4, -0.2) is 17.5 Å². The predicted octanol–water partition coefficient (Wildman–Crippen LogP) is 4.81. The van der Waals surface area contributed by atoms with E-state index in [1.54, 1.807) is 6.07 Å². The van der Waals surface area contributed by atoms with E-state index in [0.29, 0.717) is 22.7 Å². The lowest BCUT2D eigenvalue weighted by atomic mass is 10.1. The quantitative estimate of drug-likeness (QED) is 0.377. The summed E-state index contributed by atoms with van der Waals surface area (Å²) >= 11 is 1.40. The van der Waals surface area contributed by atoms with Crippen LogP contribution in [0.5, 0.6) is 0 Å². The Balaban J connectivity index is 1.91. The topological polar surface area (TPSA) is 70.6 Å². The molecule has 2 aromatic rings. The van der Waals surface area contributed by atoms with Crippen molar-refractivity contribution in [1.29, 1.82) is 0 Å². The van der Waals surface area contributed by atoms with E-state index in [4.69, 9.17) is 0 Å². The number of rotatable bonds is 9. The first-order valence-electron chi connectivity index (χ1n) is 8.88. The molecular formula is C20H25N3O2S. The number of hydrogen-bond acceptors (Lipinski definition) is 4. The molecule has 0 aliphatic rings. The molecule has 5 nitrogen and oxygen atoms in total. The van der Waals surface area contributed by atoms with Crippen LogP contribution in [0.1, 0.15) is 61.2 Å². The highest BCUT2D eigenvalue weighted by molar-refractivity contribution is 7.12. The van der Waals surface area contributed by atoms with Gasteiger partial charge in [-0.05, 0) is 42.5 Å². The summed E-state index contributed by atoms with van der Waals surface area (Å²) in [5.74, 6) is -0.199. The average Bonchev–Trinajstić information content (AvgIpc) is 3.18. The van der Waals surface area contributed by atoms with Crippen LogP contribution in [0.2, 0.25) is 0 Å². The molecule has 0 radical (unpaired) electrons. The first kappa shape index (κ1) is 19.8. The fourth-order valence-electron chi connectivity index (χ4n) is 2.40. The van der Waals surface area contributed by atoms with E-state index in [1.807, 2.05) is 42.6 Å². The molecule has 2 amide bonds. The molecule has 0 saturated heterocycles. The third-order valence-corrected chi connectivity index (χ3v) is 4.76. The largest absolute Gasteiger partial charge is 0.321 e. The van der Waals surface area contributed by atoms with Crippen LogP contribution < -0.4 is 10.7 Å². The Morgan fingerprint density at radius 2 is 1.96 bits per heavy atom. The van der Waals surface area contributed by atoms with Crippen molar-refractivity contribution in [1.82, 2.24) is 5.43 Å². The van der Waals surface area contributed by atoms with Gasteiger partial charge in [-0.25, -0.2) is 5.43 Å². The molecule has 0 fully saturated rings. The van der Waals surface area contributed by atoms with E-state index in [-0.39, 0.29) is 11.8 Å². The summed E-state index contributed by atoms with van der Waals surface area (Å²) in [4.78, 5) is 24.6. The number of hydrogen-bond donors (Lipinski definition) is 2. The molecule has 1 heterocycles. The minimum atomic E-state index is -0.132. The fourth-order valence-corrected chi connectivity index (χ4v) is 3.02. The van der Waals surface area contributed by atoms with Crippen LogP contribution in [0.25, 0.3) is 0 Å². The van der Waals surface area contributed by atoms with Crippen LogP contribution in [-0.2, 0) is 4.79 Å². The molecule has 2 rings (SSSR count). The number of nitrogens with zero attached hydrogens (tertiary/aromatic N) is 1. The van der Waals surface area contributed by atoms with Crippen molar-refractivity contribution in [3.63, 3.8) is 0 Å². The van der Waals surface area contributed by atoms with E-state index in [1.165, 1.54) is 11.3 Å². The predicted molar refractivity (Wildman–Crippen MR) is 108 cm³/mol. The SMILES string of the molecule is CCCCCCC(=O)NN=C(C)c1cccc(NC(=O)c2cccs2)c1. The van der Waals surface area contributed by atoms with Gasteiger partial charge >= 0.3 is 0 Å². The summed E-state index contributed by atoms with van der Waals surface area (Å²) in [5.41, 5.74) is 4.84. The maximum Gasteiger partial charge on any atom is 0.265 e. The Morgan fingerprint density at radius 1 is 1.12 bits per heavy atom. The molecule has 0 saturated carbocycles. The van der Waals surface area contributed by atoms with E-state index in [9.17, 15) is 9.59 Å². The fraction of sp³-hybridized carbons (Fsp3) is 0.350. The van der Waals surface area contributed by atoms with Gasteiger partial charge in [0.05, 0.1) is 10.6 Å². The normalized spacial score (nSPS) is 11.2. The number of anilines is 1. The van der Waals surface area contributed by atoms with Crippen molar-refractivity contribution in [3.8, 4) is 0 Å². The molecule has 0 bridgehead atoms. The van der Waals surface area contributed by atoms with Gasteiger partial charge < -0.3 is 5.32 Å². The third-order valence-electron chi connectivity index (χ3n) is 3.89. The second kappa shape index (κ2) is 10.5. The van der Waals surface area contributed by atoms with Crippen molar-refractivity contribution in [3.05, 3.63) is 52.2 Å². The summed E-state index contributed by atoms with van der Waals surface area (Å²) in [6.07, 6.45) is 4.75. The van der Waals surface area contributed by atoms with Gasteiger partial charge in [0.15, 0.2) is 0 Å². The molecule has 0 aliphatic carbocycles. The molecule has 2 N–H and O–H groups in total. The average molecular weight is 372 g/mol. The van der Waals surface area contributed by atoms with E-state index in [0.717, 1.165) is 31.2 Å². The van der Waals surface area contributed by atoms with E-state index >= 15 is 0 Å². The van der Waals surface area contributed by atoms with Crippen LogP contribution in [0.15, 0.2) is 46.9 Å². The first-order valence-corrected chi connectivity index (χ1v) is 9.76. The van der Waals surface area contributed by atoms with Crippen LogP contribution in [0.3, 0.4) is 0 Å². The highest BCUT2D eigenvalue weighted by Crippen LogP contribution is 2.15. The second-order valence-electron chi connectivity index (χ2n) is 6.06. The Labute approximate surface area is 158 Å². The third kappa shape index (κ3) is 6.44. The van der Waals surface area contributed by atoms with Gasteiger partial charge in [-0.2, -0.15) is 5.10 Å². The van der Waals surface area contributed by atoms with Gasteiger partial charge in [0, 0.05) is 12.1 Å². The summed E-state index contributed by atoms with van der Waals surface area (Å²) in [7, 11) is 0. The minimum absolute atomic E-state index is 0.0670. The van der Waals surface area contributed by atoms with Crippen LogP contribution in [0.4, 0.5) is 5.69 Å². The molecule has 26 heavy (non-hydrogen) atoms. The van der Waals surface area contributed by atoms with Gasteiger partial charge in [0.2, 0.25) is 5.91 Å². The van der Waals surface area contributed by atoms with Crippen LogP contribution in [0, 0.1) is 0 Å². The van der Waals surface area contributed by atoms with Gasteiger partial charge in [-0.3, -0.25) is 9.59 Å². The summed E-state index contributed by atoms with van der Waals surface area (Å²) in [6, 6.07) is 11.1. The van der Waals surface area contributed by atoms with Crippen molar-refractivity contribution in [2.75, 3.05) is 5.32 Å². The Kier molecular flexibility index (Phi) is 8.02. The molecule has 0 unspecified atom stereocenters. The number of thiophene rings is 1. The Hall–Kier alpha value is -2.47. The molecule has 0 aliphatic heterocycles. The summed E-state index contributed by atoms with van der Waals surface area (Å²) in [6.45, 7) is 3.97. The lowest BCUT2D eigenvalue weighted by molar-refractivity contribution is -0.121. The van der Waals surface area contributed by atoms with Crippen molar-refractivity contribution < 1.29 is 9.59 Å². The molecule has 0 atom stereocenters. The zero-order chi connectivity index (χ0) is 18.8. The Morgan fingerprint density at radius 3 is 2.69 bits per heavy atom. The molecular weight excluding hydrogens is 346 g/mol. The van der Waals surface area contributed by atoms with Crippen LogP contribution >= 0.6 is 11.3 Å².